The van der Waals surface area contributed by atoms with E-state index in [4.69, 9.17) is 21.8 Å². The molecule has 0 aliphatic heterocycles. The number of amides is 2. The second-order valence-electron chi connectivity index (χ2n) is 6.44. The first kappa shape index (κ1) is 25.1. The maximum Gasteiger partial charge on any atom is 0.416 e. The number of aliphatic hydroxyl groups excluding tert-OH is 2. The zero-order valence-corrected chi connectivity index (χ0v) is 16.6. The Morgan fingerprint density at radius 2 is 1.34 bits per heavy atom. The summed E-state index contributed by atoms with van der Waals surface area (Å²) in [5.74, 6) is -1.36. The number of benzene rings is 1. The average Bonchev–Trinajstić information content (AvgIpc) is 2.56. The third kappa shape index (κ3) is 9.41. The molecule has 0 fully saturated rings. The smallest absolute Gasteiger partial charge is 0.392 e. The number of aliphatic hydroxyl groups is 2. The fourth-order valence-electron chi connectivity index (χ4n) is 2.15. The van der Waals surface area contributed by atoms with Gasteiger partial charge in [0.05, 0.1) is 47.3 Å². The van der Waals surface area contributed by atoms with Gasteiger partial charge in [-0.25, -0.2) is 0 Å². The monoisotopic (exact) mass is 440 g/mol. The molecule has 1 aromatic carbocycles. The molecule has 0 saturated heterocycles. The first-order chi connectivity index (χ1) is 13.4. The summed E-state index contributed by atoms with van der Waals surface area (Å²) in [5, 5.41) is 27.8. The van der Waals surface area contributed by atoms with Crippen molar-refractivity contribution in [3.05, 3.63) is 22.7 Å². The highest BCUT2D eigenvalue weighted by Gasteiger charge is 2.32. The van der Waals surface area contributed by atoms with Crippen molar-refractivity contribution in [3.63, 3.8) is 0 Å². The Bertz CT molecular complexity index is 665. The summed E-state index contributed by atoms with van der Waals surface area (Å²) < 4.78 is 39.6. The fourth-order valence-corrected chi connectivity index (χ4v) is 2.35. The highest BCUT2D eigenvalue weighted by atomic mass is 35.5. The van der Waals surface area contributed by atoms with Gasteiger partial charge in [0.15, 0.2) is 0 Å². The van der Waals surface area contributed by atoms with Gasteiger partial charge in [-0.05, 0) is 26.0 Å². The van der Waals surface area contributed by atoms with Crippen LogP contribution < -0.4 is 21.3 Å². The minimum atomic E-state index is -4.74. The predicted octanol–water partition coefficient (Wildman–Crippen LogP) is 1.18. The highest BCUT2D eigenvalue weighted by Crippen LogP contribution is 2.38. The molecule has 2 amide bonds. The van der Waals surface area contributed by atoms with Gasteiger partial charge in [0.1, 0.15) is 0 Å². The standard InChI is InChI=1S/C17H24ClF3N4O4/c1-9(26)5-22-7-14(28)24-12-3-11(17(19,20)21)4-13(16(12)18)25-15(29)8-23-6-10(2)27/h3-4,9-10,22-23,26-27H,5-8H2,1-2H3,(H,24,28)(H,25,29). The Balaban J connectivity index is 2.97. The lowest BCUT2D eigenvalue weighted by Gasteiger charge is -2.17. The summed E-state index contributed by atoms with van der Waals surface area (Å²) in [6.07, 6.45) is -6.15. The molecule has 2 atom stereocenters. The van der Waals surface area contributed by atoms with E-state index in [1.807, 2.05) is 0 Å². The van der Waals surface area contributed by atoms with E-state index in [0.29, 0.717) is 12.1 Å². The van der Waals surface area contributed by atoms with Gasteiger partial charge in [-0.3, -0.25) is 9.59 Å². The molecule has 0 bridgehead atoms. The van der Waals surface area contributed by atoms with Crippen molar-refractivity contribution in [2.75, 3.05) is 36.8 Å². The molecule has 6 N–H and O–H groups in total. The number of anilines is 2. The number of rotatable bonds is 10. The zero-order valence-electron chi connectivity index (χ0n) is 15.9. The van der Waals surface area contributed by atoms with Crippen LogP contribution in [0.15, 0.2) is 12.1 Å². The fraction of sp³-hybridized carbons (Fsp3) is 0.529. The normalized spacial score (nSPS) is 13.7. The van der Waals surface area contributed by atoms with Crippen molar-refractivity contribution in [2.45, 2.75) is 32.2 Å². The molecule has 29 heavy (non-hydrogen) atoms. The molecule has 0 heterocycles. The molecule has 0 saturated carbocycles. The van der Waals surface area contributed by atoms with Crippen LogP contribution in [0.2, 0.25) is 5.02 Å². The van der Waals surface area contributed by atoms with Gasteiger partial charge in [-0.1, -0.05) is 11.6 Å². The van der Waals surface area contributed by atoms with Crippen molar-refractivity contribution in [2.24, 2.45) is 0 Å². The molecule has 12 heteroatoms. The summed E-state index contributed by atoms with van der Waals surface area (Å²) >= 11 is 6.07. The number of nitrogens with one attached hydrogen (secondary N) is 4. The molecule has 164 valence electrons. The average molecular weight is 441 g/mol. The molecule has 0 spiro atoms. The Hall–Kier alpha value is -1.92. The third-order valence-corrected chi connectivity index (χ3v) is 3.81. The van der Waals surface area contributed by atoms with Crippen molar-refractivity contribution in [1.29, 1.82) is 0 Å². The molecule has 0 aromatic heterocycles. The minimum Gasteiger partial charge on any atom is -0.392 e. The van der Waals surface area contributed by atoms with Gasteiger partial charge in [0.25, 0.3) is 0 Å². The van der Waals surface area contributed by atoms with E-state index >= 15 is 0 Å². The Morgan fingerprint density at radius 3 is 1.66 bits per heavy atom. The van der Waals surface area contributed by atoms with Crippen LogP contribution in [0.3, 0.4) is 0 Å². The van der Waals surface area contributed by atoms with Crippen LogP contribution in [0.5, 0.6) is 0 Å². The Morgan fingerprint density at radius 1 is 0.966 bits per heavy atom. The number of hydrogen-bond acceptors (Lipinski definition) is 6. The van der Waals surface area contributed by atoms with Crippen molar-refractivity contribution < 1.29 is 33.0 Å². The molecule has 8 nitrogen and oxygen atoms in total. The number of alkyl halides is 3. The summed E-state index contributed by atoms with van der Waals surface area (Å²) in [6.45, 7) is 2.71. The molecule has 0 radical (unpaired) electrons. The van der Waals surface area contributed by atoms with Crippen LogP contribution in [0.1, 0.15) is 19.4 Å². The second kappa shape index (κ2) is 11.3. The number of halogens is 4. The van der Waals surface area contributed by atoms with Crippen LogP contribution in [0, 0.1) is 0 Å². The SMILES string of the molecule is CC(O)CNCC(=O)Nc1cc(C(F)(F)F)cc(NC(=O)CNCC(C)O)c1Cl. The number of carbonyl (C=O) groups is 2. The summed E-state index contributed by atoms with van der Waals surface area (Å²) in [6, 6.07) is 1.33. The first-order valence-electron chi connectivity index (χ1n) is 8.68. The maximum absolute atomic E-state index is 13.2. The van der Waals surface area contributed by atoms with Crippen LogP contribution in [0.4, 0.5) is 24.5 Å². The maximum atomic E-state index is 13.2. The third-order valence-electron chi connectivity index (χ3n) is 3.40. The van der Waals surface area contributed by atoms with Gasteiger partial charge in [-0.2, -0.15) is 13.2 Å². The lowest BCUT2D eigenvalue weighted by Crippen LogP contribution is -2.33. The summed E-state index contributed by atoms with van der Waals surface area (Å²) in [7, 11) is 0. The Labute approximate surface area is 170 Å². The second-order valence-corrected chi connectivity index (χ2v) is 6.82. The largest absolute Gasteiger partial charge is 0.416 e. The van der Waals surface area contributed by atoms with E-state index in [2.05, 4.69) is 21.3 Å². The van der Waals surface area contributed by atoms with E-state index in [1.165, 1.54) is 13.8 Å². The molecule has 0 aliphatic rings. The van der Waals surface area contributed by atoms with E-state index in [1.54, 1.807) is 0 Å². The molecular weight excluding hydrogens is 417 g/mol. The van der Waals surface area contributed by atoms with E-state index in [0.717, 1.165) is 0 Å². The summed E-state index contributed by atoms with van der Waals surface area (Å²) in [5.41, 5.74) is -1.75. The van der Waals surface area contributed by atoms with Gasteiger partial charge < -0.3 is 31.5 Å². The van der Waals surface area contributed by atoms with Crippen LogP contribution >= 0.6 is 11.6 Å². The van der Waals surface area contributed by atoms with Gasteiger partial charge >= 0.3 is 6.18 Å². The van der Waals surface area contributed by atoms with Crippen molar-refractivity contribution in [1.82, 2.24) is 10.6 Å². The lowest BCUT2D eigenvalue weighted by atomic mass is 10.1. The minimum absolute atomic E-state index is 0.116. The van der Waals surface area contributed by atoms with Crippen molar-refractivity contribution in [3.8, 4) is 0 Å². The molecule has 2 unspecified atom stereocenters. The number of hydrogen-bond donors (Lipinski definition) is 6. The topological polar surface area (TPSA) is 123 Å². The summed E-state index contributed by atoms with van der Waals surface area (Å²) in [4.78, 5) is 23.9. The molecule has 0 aliphatic carbocycles. The Kier molecular flexibility index (Phi) is 9.80. The van der Waals surface area contributed by atoms with Gasteiger partial charge in [-0.15, -0.1) is 0 Å². The van der Waals surface area contributed by atoms with Crippen LogP contribution in [-0.4, -0.2) is 60.4 Å². The van der Waals surface area contributed by atoms with Crippen LogP contribution in [-0.2, 0) is 15.8 Å². The van der Waals surface area contributed by atoms with Crippen LogP contribution in [0.25, 0.3) is 0 Å². The predicted molar refractivity (Wildman–Crippen MR) is 103 cm³/mol. The molecular formula is C17H24ClF3N4O4. The van der Waals surface area contributed by atoms with Gasteiger partial charge in [0, 0.05) is 13.1 Å². The first-order valence-corrected chi connectivity index (χ1v) is 9.06. The number of carbonyl (C=O) groups excluding carboxylic acids is 2. The quantitative estimate of drug-likeness (QED) is 0.325. The lowest BCUT2D eigenvalue weighted by molar-refractivity contribution is -0.137. The van der Waals surface area contributed by atoms with E-state index in [9.17, 15) is 22.8 Å². The molecule has 1 aromatic rings. The van der Waals surface area contributed by atoms with Crippen molar-refractivity contribution >= 4 is 34.8 Å². The molecule has 1 rings (SSSR count). The highest BCUT2D eigenvalue weighted by molar-refractivity contribution is 6.37. The van der Waals surface area contributed by atoms with Gasteiger partial charge in [0.2, 0.25) is 11.8 Å². The van der Waals surface area contributed by atoms with E-state index in [-0.39, 0.29) is 42.6 Å². The zero-order chi connectivity index (χ0) is 22.2. The van der Waals surface area contributed by atoms with E-state index < -0.39 is 35.8 Å².